The Morgan fingerprint density at radius 1 is 0.868 bits per heavy atom. The number of hydrogen-bond acceptors (Lipinski definition) is 8. The number of fused-ring (bicyclic) bond motifs is 1. The van der Waals surface area contributed by atoms with Gasteiger partial charge in [0, 0.05) is 66.8 Å². The van der Waals surface area contributed by atoms with E-state index in [2.05, 4.69) is 76.5 Å². The van der Waals surface area contributed by atoms with Gasteiger partial charge < -0.3 is 33.2 Å². The van der Waals surface area contributed by atoms with Gasteiger partial charge in [-0.05, 0) is 117 Å². The maximum Gasteiger partial charge on any atom is 0.419 e. The highest BCUT2D eigenvalue weighted by atomic mass is 35.5. The van der Waals surface area contributed by atoms with Gasteiger partial charge >= 0.3 is 12.3 Å². The molecule has 0 N–H and O–H groups in total. The number of ether oxygens (including phenoxy) is 4. The van der Waals surface area contributed by atoms with Crippen molar-refractivity contribution in [2.75, 3.05) is 26.2 Å². The fourth-order valence-electron chi connectivity index (χ4n) is 8.51. The summed E-state index contributed by atoms with van der Waals surface area (Å²) < 4.78 is 87.7. The molecule has 1 atom stereocenters. The molecule has 1 aromatic heterocycles. The van der Waals surface area contributed by atoms with Gasteiger partial charge in [0.15, 0.2) is 19.8 Å². The highest BCUT2D eigenvalue weighted by molar-refractivity contribution is 6.74. The van der Waals surface area contributed by atoms with Gasteiger partial charge in [0.05, 0.1) is 42.9 Å². The highest BCUT2D eigenvalue weighted by Crippen LogP contribution is 2.45. The third kappa shape index (κ3) is 14.9. The van der Waals surface area contributed by atoms with Crippen molar-refractivity contribution in [1.29, 1.82) is 0 Å². The molecule has 4 aromatic carbocycles. The summed E-state index contributed by atoms with van der Waals surface area (Å²) in [5.41, 5.74) is 1.45. The maximum atomic E-state index is 14.1. The predicted molar refractivity (Wildman–Crippen MR) is 287 cm³/mol. The second-order valence-corrected chi connectivity index (χ2v) is 27.3. The number of hydrogen-bond donors (Lipinski definition) is 0. The van der Waals surface area contributed by atoms with Crippen molar-refractivity contribution in [1.82, 2.24) is 19.6 Å². The lowest BCUT2D eigenvalue weighted by molar-refractivity contribution is -0.148. The number of aromatic nitrogens is 2. The van der Waals surface area contributed by atoms with Crippen molar-refractivity contribution in [3.05, 3.63) is 141 Å². The third-order valence-electron chi connectivity index (χ3n) is 13.7. The first-order valence-corrected chi connectivity index (χ1v) is 28.8. The lowest BCUT2D eigenvalue weighted by Crippen LogP contribution is -2.52. The molecule has 76 heavy (non-hydrogen) atoms. The van der Waals surface area contributed by atoms with Gasteiger partial charge in [-0.25, -0.2) is 9.18 Å². The molecule has 0 radical (unpaired) electrons. The summed E-state index contributed by atoms with van der Waals surface area (Å²) in [6, 6.07) is 21.0. The van der Waals surface area contributed by atoms with Crippen molar-refractivity contribution in [2.24, 2.45) is 5.92 Å². The third-order valence-corrected chi connectivity index (χ3v) is 18.4. The van der Waals surface area contributed by atoms with E-state index in [4.69, 9.17) is 35.0 Å². The van der Waals surface area contributed by atoms with Crippen LogP contribution in [0.2, 0.25) is 23.2 Å². The molecule has 2 amide bonds. The Morgan fingerprint density at radius 2 is 1.54 bits per heavy atom. The van der Waals surface area contributed by atoms with E-state index in [1.54, 1.807) is 49.8 Å². The van der Waals surface area contributed by atoms with E-state index in [0.29, 0.717) is 77.9 Å². The average molecular weight is 1080 g/mol. The fraction of sp³-hybridized carbons (Fsp3) is 0.441. The van der Waals surface area contributed by atoms with Crippen LogP contribution in [0.3, 0.4) is 0 Å². The average Bonchev–Trinajstić information content (AvgIpc) is 3.95. The normalized spacial score (nSPS) is 14.7. The summed E-state index contributed by atoms with van der Waals surface area (Å²) in [5, 5.41) is 5.05. The van der Waals surface area contributed by atoms with E-state index in [1.807, 2.05) is 53.6 Å². The number of rotatable bonds is 14. The number of alkyl halides is 3. The van der Waals surface area contributed by atoms with Gasteiger partial charge in [0.1, 0.15) is 23.8 Å². The molecule has 2 aliphatic heterocycles. The van der Waals surface area contributed by atoms with Crippen molar-refractivity contribution >= 4 is 31.9 Å². The summed E-state index contributed by atoms with van der Waals surface area (Å²) in [6.45, 7) is 21.7. The maximum absolute atomic E-state index is 14.1. The minimum atomic E-state index is -4.88. The van der Waals surface area contributed by atoms with Gasteiger partial charge in [-0.2, -0.15) is 18.3 Å². The summed E-state index contributed by atoms with van der Waals surface area (Å²) >= 11 is 6.13. The molecular weight excluding hydrogens is 1020 g/mol. The van der Waals surface area contributed by atoms with E-state index in [1.165, 1.54) is 11.0 Å². The molecule has 0 unspecified atom stereocenters. The van der Waals surface area contributed by atoms with Crippen LogP contribution < -0.4 is 14.2 Å². The van der Waals surface area contributed by atoms with Crippen molar-refractivity contribution < 1.29 is 50.5 Å². The molecule has 0 aliphatic carbocycles. The summed E-state index contributed by atoms with van der Waals surface area (Å²) in [5.74, 6) is 12.0. The zero-order chi connectivity index (χ0) is 55.2. The smallest absolute Gasteiger partial charge is 0.419 e. The molecule has 5 aromatic rings. The van der Waals surface area contributed by atoms with E-state index in [0.717, 1.165) is 23.3 Å². The lowest BCUT2D eigenvalue weighted by Gasteiger charge is -2.39. The Balaban J connectivity index is 0.994. The Bertz CT molecular complexity index is 3010. The van der Waals surface area contributed by atoms with Gasteiger partial charge in [0.25, 0.3) is 5.79 Å². The van der Waals surface area contributed by atoms with Crippen LogP contribution in [-0.2, 0) is 39.8 Å². The lowest BCUT2D eigenvalue weighted by atomic mass is 9.86. The Morgan fingerprint density at radius 3 is 2.21 bits per heavy atom. The minimum Gasteiger partial charge on any atom is -0.489 e. The van der Waals surface area contributed by atoms with Crippen LogP contribution in [0.4, 0.5) is 22.4 Å². The Hall–Kier alpha value is -6.46. The quantitative estimate of drug-likeness (QED) is 0.0615. The van der Waals surface area contributed by atoms with Gasteiger partial charge in [-0.15, -0.1) is 0 Å². The summed E-state index contributed by atoms with van der Waals surface area (Å²) in [6.07, 6.45) is -0.467. The van der Waals surface area contributed by atoms with Crippen LogP contribution in [-0.4, -0.2) is 77.5 Å². The molecule has 11 nitrogen and oxygen atoms in total. The standard InChI is InChI=1S/C59H67ClF4N4O7Si/c1-40(2)53(45-19-21-47(60)22-20-45)54(69)66-29-26-58(27-30-66)73-51-25-18-42(35-52(51)74-58)14-15-44-36-65-68(37-44)28-12-11-13-41-17-24-50(71-39-43-16-23-49(61)48(34-43)59(62,63)64)46(33-41)38-67(55(70)75-56(3,4)5)31-32-72-76(9,10)57(6,7)8/h16-25,33-37,40,53H,12,26-32,38-39H2,1-10H3/t53-/m0/s1. The number of nitrogens with zero attached hydrogens (tertiary/aromatic N) is 4. The minimum absolute atomic E-state index is 0.00995. The number of amides is 2. The van der Waals surface area contributed by atoms with Gasteiger partial charge in [-0.3, -0.25) is 9.48 Å². The van der Waals surface area contributed by atoms with E-state index in [9.17, 15) is 27.2 Å². The SMILES string of the molecule is CC(C)[C@H](C(=O)N1CCC2(CC1)Oc1ccc(C#Cc3cnn(CCC#Cc4ccc(OCc5ccc(F)c(C(F)(F)F)c5)c(CN(CCO[Si](C)(C)C(C)(C)C)C(=O)OC(C)(C)C)c4)c3)cc1O2)c1ccc(Cl)cc1. The largest absolute Gasteiger partial charge is 0.489 e. The Labute approximate surface area is 450 Å². The monoisotopic (exact) mass is 1080 g/mol. The van der Waals surface area contributed by atoms with E-state index >= 15 is 0 Å². The molecule has 1 fully saturated rings. The summed E-state index contributed by atoms with van der Waals surface area (Å²) in [7, 11) is -2.18. The number of likely N-dealkylation sites (tertiary alicyclic amines) is 1. The molecule has 0 bridgehead atoms. The van der Waals surface area contributed by atoms with E-state index in [-0.39, 0.29) is 54.6 Å². The molecule has 1 spiro atoms. The first-order chi connectivity index (χ1) is 35.7. The molecule has 17 heteroatoms. The molecule has 0 saturated carbocycles. The number of carbonyl (C=O) groups is 2. The zero-order valence-corrected chi connectivity index (χ0v) is 46.7. The number of piperidine rings is 1. The molecule has 404 valence electrons. The Kier molecular flexibility index (Phi) is 17.6. The van der Waals surface area contributed by atoms with Crippen LogP contribution in [0.25, 0.3) is 0 Å². The molecule has 1 saturated heterocycles. The van der Waals surface area contributed by atoms with Crippen LogP contribution in [0.1, 0.15) is 120 Å². The number of benzene rings is 4. The summed E-state index contributed by atoms with van der Waals surface area (Å²) in [4.78, 5) is 30.9. The van der Waals surface area contributed by atoms with Crippen LogP contribution in [0, 0.1) is 35.4 Å². The molecule has 2 aliphatic rings. The van der Waals surface area contributed by atoms with Crippen LogP contribution in [0.15, 0.2) is 91.3 Å². The number of halogens is 5. The second kappa shape index (κ2) is 23.4. The van der Waals surface area contributed by atoms with E-state index < -0.39 is 43.4 Å². The van der Waals surface area contributed by atoms with Crippen molar-refractivity contribution in [2.45, 2.75) is 136 Å². The van der Waals surface area contributed by atoms with Gasteiger partial charge in [0.2, 0.25) is 5.91 Å². The van der Waals surface area contributed by atoms with Crippen molar-refractivity contribution in [3.8, 4) is 40.9 Å². The van der Waals surface area contributed by atoms with Crippen LogP contribution >= 0.6 is 11.6 Å². The second-order valence-electron chi connectivity index (χ2n) is 22.1. The fourth-order valence-corrected chi connectivity index (χ4v) is 9.67. The zero-order valence-electron chi connectivity index (χ0n) is 44.9. The first kappa shape index (κ1) is 57.2. The molecular formula is C59H67ClF4N4O7Si. The topological polar surface area (TPSA) is 105 Å². The first-order valence-electron chi connectivity index (χ1n) is 25.5. The molecule has 7 rings (SSSR count). The van der Waals surface area contributed by atoms with Crippen LogP contribution in [0.5, 0.6) is 17.2 Å². The van der Waals surface area contributed by atoms with Crippen molar-refractivity contribution in [3.63, 3.8) is 0 Å². The number of aryl methyl sites for hydroxylation is 1. The molecule has 3 heterocycles. The number of carbonyl (C=O) groups excluding carboxylic acids is 2. The highest BCUT2D eigenvalue weighted by Gasteiger charge is 2.46. The predicted octanol–water partition coefficient (Wildman–Crippen LogP) is 13.4. The van der Waals surface area contributed by atoms with Gasteiger partial charge in [-0.1, -0.05) is 88.1 Å².